The molecule has 1 aromatic rings. The molecule has 0 unspecified atom stereocenters. The van der Waals surface area contributed by atoms with Crippen LogP contribution in [0.1, 0.15) is 6.92 Å². The third-order valence-corrected chi connectivity index (χ3v) is 4.11. The highest BCUT2D eigenvalue weighted by Gasteiger charge is 2.22. The normalized spacial score (nSPS) is 15.0. The summed E-state index contributed by atoms with van der Waals surface area (Å²) < 4.78 is 12.2. The minimum absolute atomic E-state index is 0.132. The lowest BCUT2D eigenvalue weighted by molar-refractivity contribution is -0.139. The largest absolute Gasteiger partial charge is 0.465 e. The summed E-state index contributed by atoms with van der Waals surface area (Å²) in [7, 11) is 0. The molecule has 8 nitrogen and oxygen atoms in total. The first kappa shape index (κ1) is 16.0. The summed E-state index contributed by atoms with van der Waals surface area (Å²) in [5, 5.41) is 7.93. The van der Waals surface area contributed by atoms with Crippen molar-refractivity contribution in [2.75, 3.05) is 49.3 Å². The van der Waals surface area contributed by atoms with Crippen LogP contribution in [0.2, 0.25) is 0 Å². The SMILES string of the molecule is CCOC(=O)CSC(=S)n1c(N)nnc1N1CCOCC1. The Bertz CT molecular complexity index is 516. The molecule has 1 saturated heterocycles. The first-order chi connectivity index (χ1) is 10.1. The molecule has 0 atom stereocenters. The van der Waals surface area contributed by atoms with Crippen molar-refractivity contribution in [2.45, 2.75) is 6.92 Å². The average Bonchev–Trinajstić information content (AvgIpc) is 2.88. The van der Waals surface area contributed by atoms with Crippen LogP contribution in [0.4, 0.5) is 11.9 Å². The molecular formula is C11H17N5O3S2. The van der Waals surface area contributed by atoms with Crippen molar-refractivity contribution in [1.29, 1.82) is 0 Å². The van der Waals surface area contributed by atoms with Crippen LogP contribution in [-0.4, -0.2) is 63.7 Å². The number of carbonyl (C=O) groups is 1. The number of rotatable bonds is 4. The average molecular weight is 331 g/mol. The molecule has 0 spiro atoms. The van der Waals surface area contributed by atoms with Gasteiger partial charge in [-0.3, -0.25) is 4.79 Å². The van der Waals surface area contributed by atoms with Gasteiger partial charge in [0.15, 0.2) is 4.32 Å². The fraction of sp³-hybridized carbons (Fsp3) is 0.636. The minimum Gasteiger partial charge on any atom is -0.465 e. The lowest BCUT2D eigenvalue weighted by atomic mass is 10.4. The maximum Gasteiger partial charge on any atom is 0.316 e. The van der Waals surface area contributed by atoms with Crippen molar-refractivity contribution >= 4 is 46.2 Å². The number of nitrogen functional groups attached to an aromatic ring is 1. The summed E-state index contributed by atoms with van der Waals surface area (Å²) in [4.78, 5) is 13.4. The van der Waals surface area contributed by atoms with Crippen LogP contribution in [0, 0.1) is 0 Å². The molecule has 0 amide bonds. The van der Waals surface area contributed by atoms with Crippen LogP contribution in [0.3, 0.4) is 0 Å². The van der Waals surface area contributed by atoms with E-state index in [4.69, 9.17) is 27.4 Å². The van der Waals surface area contributed by atoms with Crippen molar-refractivity contribution in [2.24, 2.45) is 0 Å². The Balaban J connectivity index is 2.06. The number of anilines is 2. The Morgan fingerprint density at radius 1 is 1.48 bits per heavy atom. The van der Waals surface area contributed by atoms with Gasteiger partial charge in [0.2, 0.25) is 11.9 Å². The van der Waals surface area contributed by atoms with Gasteiger partial charge in [0.05, 0.1) is 25.6 Å². The van der Waals surface area contributed by atoms with Gasteiger partial charge in [-0.15, -0.1) is 10.2 Å². The smallest absolute Gasteiger partial charge is 0.316 e. The van der Waals surface area contributed by atoms with E-state index in [-0.39, 0.29) is 17.7 Å². The van der Waals surface area contributed by atoms with Crippen molar-refractivity contribution in [3.05, 3.63) is 0 Å². The topological polar surface area (TPSA) is 95.5 Å². The zero-order chi connectivity index (χ0) is 15.2. The molecule has 0 bridgehead atoms. The number of carbonyl (C=O) groups excluding carboxylic acids is 1. The predicted molar refractivity (Wildman–Crippen MR) is 84.6 cm³/mol. The number of aromatic nitrogens is 3. The lowest BCUT2D eigenvalue weighted by Gasteiger charge is -2.27. The van der Waals surface area contributed by atoms with Gasteiger partial charge in [0.1, 0.15) is 0 Å². The maximum atomic E-state index is 11.4. The van der Waals surface area contributed by atoms with Gasteiger partial charge in [0.25, 0.3) is 0 Å². The number of thioether (sulfide) groups is 1. The van der Waals surface area contributed by atoms with Gasteiger partial charge >= 0.3 is 5.97 Å². The van der Waals surface area contributed by atoms with Gasteiger partial charge in [0, 0.05) is 13.1 Å². The van der Waals surface area contributed by atoms with Crippen LogP contribution in [-0.2, 0) is 14.3 Å². The molecule has 1 fully saturated rings. The molecule has 116 valence electrons. The van der Waals surface area contributed by atoms with Gasteiger partial charge in [-0.05, 0) is 6.92 Å². The third kappa shape index (κ3) is 4.05. The molecule has 1 aromatic heterocycles. The zero-order valence-electron chi connectivity index (χ0n) is 11.7. The molecule has 2 heterocycles. The van der Waals surface area contributed by atoms with E-state index in [0.29, 0.717) is 43.2 Å². The molecule has 0 aromatic carbocycles. The fourth-order valence-corrected chi connectivity index (χ4v) is 2.80. The predicted octanol–water partition coefficient (Wildman–Crippen LogP) is 0.126. The Morgan fingerprint density at radius 2 is 2.19 bits per heavy atom. The molecule has 21 heavy (non-hydrogen) atoms. The van der Waals surface area contributed by atoms with E-state index in [9.17, 15) is 4.79 Å². The number of nitrogens with zero attached hydrogens (tertiary/aromatic N) is 4. The summed E-state index contributed by atoms with van der Waals surface area (Å²) in [6, 6.07) is 0. The monoisotopic (exact) mass is 331 g/mol. The number of nitrogens with two attached hydrogens (primary N) is 1. The van der Waals surface area contributed by atoms with Crippen LogP contribution in [0.15, 0.2) is 0 Å². The van der Waals surface area contributed by atoms with E-state index in [1.54, 1.807) is 11.5 Å². The highest BCUT2D eigenvalue weighted by molar-refractivity contribution is 8.23. The number of thiocarbonyl (C=S) groups is 1. The maximum absolute atomic E-state index is 11.4. The van der Waals surface area contributed by atoms with Crippen LogP contribution < -0.4 is 10.6 Å². The summed E-state index contributed by atoms with van der Waals surface area (Å²) >= 11 is 6.50. The van der Waals surface area contributed by atoms with Gasteiger partial charge in [-0.25, -0.2) is 4.57 Å². The molecular weight excluding hydrogens is 314 g/mol. The number of ether oxygens (including phenoxy) is 2. The van der Waals surface area contributed by atoms with Gasteiger partial charge < -0.3 is 20.1 Å². The van der Waals surface area contributed by atoms with E-state index in [0.717, 1.165) is 0 Å². The van der Waals surface area contributed by atoms with Gasteiger partial charge in [-0.1, -0.05) is 24.0 Å². The molecule has 1 aliphatic heterocycles. The second kappa shape index (κ2) is 7.57. The Morgan fingerprint density at radius 3 is 2.86 bits per heavy atom. The van der Waals surface area contributed by atoms with Gasteiger partial charge in [-0.2, -0.15) is 0 Å². The number of hydrogen-bond acceptors (Lipinski definition) is 9. The second-order valence-corrected chi connectivity index (χ2v) is 5.76. The van der Waals surface area contributed by atoms with E-state index in [1.165, 1.54) is 11.8 Å². The first-order valence-electron chi connectivity index (χ1n) is 6.49. The van der Waals surface area contributed by atoms with E-state index in [1.807, 2.05) is 4.90 Å². The minimum atomic E-state index is -0.315. The molecule has 1 aliphatic rings. The van der Waals surface area contributed by atoms with Crippen LogP contribution in [0.5, 0.6) is 0 Å². The lowest BCUT2D eigenvalue weighted by Crippen LogP contribution is -2.38. The highest BCUT2D eigenvalue weighted by Crippen LogP contribution is 2.20. The van der Waals surface area contributed by atoms with Crippen LogP contribution >= 0.6 is 24.0 Å². The summed E-state index contributed by atoms with van der Waals surface area (Å²) in [6.45, 7) is 4.74. The standard InChI is InChI=1S/C11H17N5O3S2/c1-2-19-8(17)7-21-11(20)16-9(12)13-14-10(16)15-3-5-18-6-4-15/h2-7H2,1H3,(H2,12,13). The van der Waals surface area contributed by atoms with Crippen molar-refractivity contribution in [3.63, 3.8) is 0 Å². The molecule has 2 rings (SSSR count). The molecule has 10 heteroatoms. The van der Waals surface area contributed by atoms with Crippen molar-refractivity contribution in [1.82, 2.24) is 14.8 Å². The number of morpholine rings is 1. The Kier molecular flexibility index (Phi) is 5.76. The number of hydrogen-bond donors (Lipinski definition) is 1. The quantitative estimate of drug-likeness (QED) is 0.610. The first-order valence-corrected chi connectivity index (χ1v) is 7.89. The van der Waals surface area contributed by atoms with Crippen LogP contribution in [0.25, 0.3) is 0 Å². The van der Waals surface area contributed by atoms with Crippen molar-refractivity contribution < 1.29 is 14.3 Å². The molecule has 0 radical (unpaired) electrons. The Hall–Kier alpha value is -1.39. The second-order valence-electron chi connectivity index (χ2n) is 4.15. The number of esters is 1. The molecule has 0 aliphatic carbocycles. The summed E-state index contributed by atoms with van der Waals surface area (Å²) in [5.74, 6) is 0.603. The summed E-state index contributed by atoms with van der Waals surface area (Å²) in [5.41, 5.74) is 5.83. The fourth-order valence-electron chi connectivity index (χ4n) is 1.82. The molecule has 2 N–H and O–H groups in total. The van der Waals surface area contributed by atoms with E-state index >= 15 is 0 Å². The van der Waals surface area contributed by atoms with Crippen molar-refractivity contribution in [3.8, 4) is 0 Å². The summed E-state index contributed by atoms with van der Waals surface area (Å²) in [6.07, 6.45) is 0. The van der Waals surface area contributed by atoms with E-state index in [2.05, 4.69) is 10.2 Å². The Labute approximate surface area is 132 Å². The zero-order valence-corrected chi connectivity index (χ0v) is 13.3. The highest BCUT2D eigenvalue weighted by atomic mass is 32.2. The molecule has 0 saturated carbocycles. The van der Waals surface area contributed by atoms with E-state index < -0.39 is 0 Å². The third-order valence-electron chi connectivity index (χ3n) is 2.77.